The van der Waals surface area contributed by atoms with E-state index in [1.807, 2.05) is 0 Å². The molecule has 12 valence electrons. The molecule has 0 nitrogen and oxygen atoms in total. The van der Waals surface area contributed by atoms with Crippen LogP contribution in [0.4, 0.5) is 0 Å². The van der Waals surface area contributed by atoms with Crippen LogP contribution >= 0.6 is 0 Å². The summed E-state index contributed by atoms with van der Waals surface area (Å²) in [4.78, 5) is 0. The molecule has 0 heterocycles. The third-order valence-corrected chi connectivity index (χ3v) is 0. The number of hydrogen-bond donors (Lipinski definition) is 0. The maximum Gasteiger partial charge on any atom is 0 e. The van der Waals surface area contributed by atoms with Crippen molar-refractivity contribution in [2.45, 2.75) is 0 Å². The van der Waals surface area contributed by atoms with Crippen molar-refractivity contribution in [2.75, 3.05) is 0 Å². The third-order valence-electron chi connectivity index (χ3n) is 0. The van der Waals surface area contributed by atoms with Crippen LogP contribution in [-0.4, -0.2) is 95.5 Å². The normalized spacial score (nSPS) is 0. The summed E-state index contributed by atoms with van der Waals surface area (Å²) in [5.74, 6) is 0. The van der Waals surface area contributed by atoms with Crippen LogP contribution in [0.15, 0.2) is 0 Å². The molecular weight excluding hydrogens is 184 g/mol. The van der Waals surface area contributed by atoms with Gasteiger partial charge in [0.1, 0.15) is 0 Å². The fourth-order valence-electron chi connectivity index (χ4n) is 0. The standard InChI is InChI=1S/2Al.Ca.Mg.Zn. The average molecular weight is 184 g/mol. The van der Waals surface area contributed by atoms with Gasteiger partial charge in [0.2, 0.25) is 0 Å². The molecule has 0 aromatic heterocycles. The smallest absolute Gasteiger partial charge is 0 e. The Hall–Kier alpha value is 3.71. The van der Waals surface area contributed by atoms with Gasteiger partial charge in [-0.3, -0.25) is 0 Å². The molecule has 0 saturated carbocycles. The van der Waals surface area contributed by atoms with Gasteiger partial charge in [0, 0.05) is 115 Å². The van der Waals surface area contributed by atoms with Crippen molar-refractivity contribution in [1.82, 2.24) is 0 Å². The molecule has 0 amide bonds. The van der Waals surface area contributed by atoms with E-state index < -0.39 is 0 Å². The zero-order valence-electron chi connectivity index (χ0n) is 3.28. The minimum Gasteiger partial charge on any atom is 0 e. The third kappa shape index (κ3) is 18.3. The van der Waals surface area contributed by atoms with Crippen LogP contribution in [0.2, 0.25) is 0 Å². The van der Waals surface area contributed by atoms with Crippen molar-refractivity contribution in [2.24, 2.45) is 0 Å². The first kappa shape index (κ1) is 37.6. The SMILES string of the molecule is [Al].[Al].[Ca].[Mg].[Zn]. The summed E-state index contributed by atoms with van der Waals surface area (Å²) in [5.41, 5.74) is 0. The molecule has 0 unspecified atom stereocenters. The van der Waals surface area contributed by atoms with Crippen LogP contribution < -0.4 is 0 Å². The van der Waals surface area contributed by atoms with Crippen molar-refractivity contribution >= 4 is 95.5 Å². The van der Waals surface area contributed by atoms with E-state index in [1.165, 1.54) is 0 Å². The predicted octanol–water partition coefficient (Wildman–Crippen LogP) is -1.53. The number of hydrogen-bond acceptors (Lipinski definition) is 0. The van der Waals surface area contributed by atoms with Crippen molar-refractivity contribution in [3.05, 3.63) is 0 Å². The Kier molecular flexibility index (Phi) is 190. The van der Waals surface area contributed by atoms with E-state index in [1.54, 1.807) is 0 Å². The molecule has 0 bridgehead atoms. The van der Waals surface area contributed by atoms with E-state index in [2.05, 4.69) is 0 Å². The average Bonchev–Trinajstić information content (AvgIpc) is 0. The van der Waals surface area contributed by atoms with Crippen LogP contribution in [0.3, 0.4) is 0 Å². The number of rotatable bonds is 0. The maximum atomic E-state index is 0. The summed E-state index contributed by atoms with van der Waals surface area (Å²) in [6.45, 7) is 0. The minimum atomic E-state index is 0. The Morgan fingerprint density at radius 1 is 0.800 bits per heavy atom. The van der Waals surface area contributed by atoms with Gasteiger partial charge >= 0.3 is 0 Å². The molecular formula is Al2CaMgZn. The van der Waals surface area contributed by atoms with Crippen molar-refractivity contribution in [3.63, 3.8) is 0 Å². The first-order chi connectivity index (χ1) is 0. The molecule has 10 radical (unpaired) electrons. The topological polar surface area (TPSA) is 0 Å². The van der Waals surface area contributed by atoms with Crippen LogP contribution in [0.1, 0.15) is 0 Å². The Morgan fingerprint density at radius 2 is 0.800 bits per heavy atom. The van der Waals surface area contributed by atoms with Gasteiger partial charge < -0.3 is 0 Å². The molecule has 0 aliphatic carbocycles. The predicted molar refractivity (Wildman–Crippen MR) is 23.0 cm³/mol. The fourth-order valence-corrected chi connectivity index (χ4v) is 0. The largest absolute Gasteiger partial charge is 0 e. The molecule has 0 fully saturated rings. The summed E-state index contributed by atoms with van der Waals surface area (Å²) in [5, 5.41) is 0. The van der Waals surface area contributed by atoms with Crippen LogP contribution in [-0.2, 0) is 19.5 Å². The molecule has 0 atom stereocenters. The summed E-state index contributed by atoms with van der Waals surface area (Å²) >= 11 is 0. The molecule has 0 N–H and O–H groups in total. The Bertz CT molecular complexity index is 9.61. The quantitative estimate of drug-likeness (QED) is 0.400. The van der Waals surface area contributed by atoms with E-state index in [-0.39, 0.29) is 115 Å². The zero-order valence-corrected chi connectivity index (χ0v) is 12.2. The second-order valence-electron chi connectivity index (χ2n) is 0. The zero-order chi connectivity index (χ0) is 0. The second kappa shape index (κ2) is 25.2. The van der Waals surface area contributed by atoms with Gasteiger partial charge in [-0.1, -0.05) is 0 Å². The van der Waals surface area contributed by atoms with Crippen molar-refractivity contribution < 1.29 is 19.5 Å². The molecule has 5 heteroatoms. The van der Waals surface area contributed by atoms with E-state index in [0.717, 1.165) is 0 Å². The molecule has 0 aromatic carbocycles. The van der Waals surface area contributed by atoms with E-state index >= 15 is 0 Å². The van der Waals surface area contributed by atoms with Gasteiger partial charge in [0.05, 0.1) is 0 Å². The fraction of sp³-hybridized carbons (Fsp3) is 0. The minimum absolute atomic E-state index is 0. The Labute approximate surface area is 112 Å². The molecule has 0 spiro atoms. The second-order valence-corrected chi connectivity index (χ2v) is 0. The van der Waals surface area contributed by atoms with E-state index in [4.69, 9.17) is 0 Å². The molecule has 0 aliphatic rings. The first-order valence-corrected chi connectivity index (χ1v) is 0. The molecule has 5 heavy (non-hydrogen) atoms. The van der Waals surface area contributed by atoms with Gasteiger partial charge in [-0.05, 0) is 0 Å². The summed E-state index contributed by atoms with van der Waals surface area (Å²) < 4.78 is 0. The molecule has 0 saturated heterocycles. The van der Waals surface area contributed by atoms with Gasteiger partial charge in [-0.2, -0.15) is 0 Å². The van der Waals surface area contributed by atoms with E-state index in [0.29, 0.717) is 0 Å². The van der Waals surface area contributed by atoms with Gasteiger partial charge in [-0.15, -0.1) is 0 Å². The van der Waals surface area contributed by atoms with Crippen molar-refractivity contribution in [3.8, 4) is 0 Å². The monoisotopic (exact) mass is 182 g/mol. The Balaban J connectivity index is 0. The van der Waals surface area contributed by atoms with Crippen molar-refractivity contribution in [1.29, 1.82) is 0 Å². The van der Waals surface area contributed by atoms with Crippen LogP contribution in [0.25, 0.3) is 0 Å². The van der Waals surface area contributed by atoms with Gasteiger partial charge in [0.25, 0.3) is 0 Å². The summed E-state index contributed by atoms with van der Waals surface area (Å²) in [6, 6.07) is 0. The maximum absolute atomic E-state index is 0. The van der Waals surface area contributed by atoms with E-state index in [9.17, 15) is 0 Å². The molecule has 0 rings (SSSR count). The summed E-state index contributed by atoms with van der Waals surface area (Å²) in [6.07, 6.45) is 0. The Morgan fingerprint density at radius 3 is 0.800 bits per heavy atom. The van der Waals surface area contributed by atoms with Gasteiger partial charge in [0.15, 0.2) is 0 Å². The van der Waals surface area contributed by atoms with Crippen LogP contribution in [0, 0.1) is 0 Å². The summed E-state index contributed by atoms with van der Waals surface area (Å²) in [7, 11) is 0. The first-order valence-electron chi connectivity index (χ1n) is 0. The molecule has 0 aliphatic heterocycles. The van der Waals surface area contributed by atoms with Gasteiger partial charge in [-0.25, -0.2) is 0 Å². The molecule has 0 aromatic rings. The van der Waals surface area contributed by atoms with Crippen LogP contribution in [0.5, 0.6) is 0 Å².